The number of rotatable bonds is 3. The van der Waals surface area contributed by atoms with Gasteiger partial charge in [0.25, 0.3) is 5.91 Å². The number of carboxylic acids is 1. The standard InChI is InChI=1S/C15H10N2O3S2/c18-13(19)8-17-14(20)12(22-15(17)21)7-10-6-5-9-3-1-2-4-11(9)16-10/h1-7H,8H2,(H,18,19). The molecule has 0 aliphatic carbocycles. The number of carbonyl (C=O) groups is 2. The van der Waals surface area contributed by atoms with Crippen molar-refractivity contribution in [3.8, 4) is 0 Å². The van der Waals surface area contributed by atoms with E-state index in [0.717, 1.165) is 27.6 Å². The van der Waals surface area contributed by atoms with Crippen LogP contribution in [0.5, 0.6) is 0 Å². The number of pyridine rings is 1. The normalized spacial score (nSPS) is 16.7. The summed E-state index contributed by atoms with van der Waals surface area (Å²) in [5.74, 6) is -1.49. The Morgan fingerprint density at radius 3 is 2.86 bits per heavy atom. The van der Waals surface area contributed by atoms with Crippen LogP contribution in [0.2, 0.25) is 0 Å². The second-order valence-electron chi connectivity index (χ2n) is 4.59. The Labute approximate surface area is 135 Å². The zero-order chi connectivity index (χ0) is 15.7. The smallest absolute Gasteiger partial charge is 0.323 e. The zero-order valence-corrected chi connectivity index (χ0v) is 12.9. The van der Waals surface area contributed by atoms with Crippen LogP contribution in [0.15, 0.2) is 41.3 Å². The first kappa shape index (κ1) is 14.7. The lowest BCUT2D eigenvalue weighted by molar-refractivity contribution is -0.140. The van der Waals surface area contributed by atoms with Crippen LogP contribution >= 0.6 is 24.0 Å². The summed E-state index contributed by atoms with van der Waals surface area (Å²) in [6, 6.07) is 11.4. The quantitative estimate of drug-likeness (QED) is 0.689. The van der Waals surface area contributed by atoms with Gasteiger partial charge in [0, 0.05) is 5.39 Å². The molecule has 2 heterocycles. The van der Waals surface area contributed by atoms with E-state index in [0.29, 0.717) is 10.6 Å². The Morgan fingerprint density at radius 2 is 2.09 bits per heavy atom. The minimum absolute atomic E-state index is 0.249. The maximum atomic E-state index is 12.2. The molecule has 3 rings (SSSR count). The molecule has 0 atom stereocenters. The van der Waals surface area contributed by atoms with E-state index in [4.69, 9.17) is 17.3 Å². The number of carboxylic acid groups (broad SMARTS) is 1. The second kappa shape index (κ2) is 5.86. The Balaban J connectivity index is 1.92. The first-order valence-corrected chi connectivity index (χ1v) is 7.60. The summed E-state index contributed by atoms with van der Waals surface area (Å²) >= 11 is 6.14. The van der Waals surface area contributed by atoms with E-state index >= 15 is 0 Å². The summed E-state index contributed by atoms with van der Waals surface area (Å²) < 4.78 is 0.249. The molecule has 0 saturated carbocycles. The molecule has 2 aromatic rings. The monoisotopic (exact) mass is 330 g/mol. The highest BCUT2D eigenvalue weighted by Crippen LogP contribution is 2.32. The van der Waals surface area contributed by atoms with Crippen molar-refractivity contribution in [3.05, 3.63) is 47.0 Å². The molecule has 1 amide bonds. The lowest BCUT2D eigenvalue weighted by Crippen LogP contribution is -2.33. The van der Waals surface area contributed by atoms with Gasteiger partial charge in [-0.05, 0) is 18.2 Å². The SMILES string of the molecule is O=C(O)CN1C(=O)C(=Cc2ccc3ccccc3n2)SC1=S. The number of thiocarbonyl (C=S) groups is 1. The summed E-state index contributed by atoms with van der Waals surface area (Å²) in [5.41, 5.74) is 1.46. The van der Waals surface area contributed by atoms with Gasteiger partial charge in [-0.3, -0.25) is 14.5 Å². The molecule has 0 spiro atoms. The number of aliphatic carboxylic acids is 1. The summed E-state index contributed by atoms with van der Waals surface area (Å²) in [6.45, 7) is -0.423. The predicted octanol–water partition coefficient (Wildman–Crippen LogP) is 2.52. The van der Waals surface area contributed by atoms with Crippen LogP contribution < -0.4 is 0 Å². The van der Waals surface area contributed by atoms with E-state index in [2.05, 4.69) is 4.98 Å². The number of aromatic nitrogens is 1. The molecule has 1 aliphatic heterocycles. The van der Waals surface area contributed by atoms with Gasteiger partial charge in [0.2, 0.25) is 0 Å². The highest BCUT2D eigenvalue weighted by Gasteiger charge is 2.33. The van der Waals surface area contributed by atoms with Crippen LogP contribution in [0.4, 0.5) is 0 Å². The van der Waals surface area contributed by atoms with Crippen molar-refractivity contribution >= 4 is 57.2 Å². The van der Waals surface area contributed by atoms with E-state index in [-0.39, 0.29) is 4.32 Å². The molecule has 1 saturated heterocycles. The molecule has 7 heteroatoms. The molecule has 22 heavy (non-hydrogen) atoms. The first-order valence-electron chi connectivity index (χ1n) is 6.37. The van der Waals surface area contributed by atoms with E-state index in [1.807, 2.05) is 36.4 Å². The lowest BCUT2D eigenvalue weighted by Gasteiger charge is -2.10. The van der Waals surface area contributed by atoms with E-state index in [9.17, 15) is 9.59 Å². The third-order valence-corrected chi connectivity index (χ3v) is 4.44. The van der Waals surface area contributed by atoms with Gasteiger partial charge in [0.1, 0.15) is 10.9 Å². The Morgan fingerprint density at radius 1 is 1.32 bits per heavy atom. The van der Waals surface area contributed by atoms with E-state index in [1.165, 1.54) is 0 Å². The number of para-hydroxylation sites is 1. The average Bonchev–Trinajstić information content (AvgIpc) is 2.74. The van der Waals surface area contributed by atoms with Crippen LogP contribution in [-0.2, 0) is 9.59 Å². The van der Waals surface area contributed by atoms with Gasteiger partial charge >= 0.3 is 5.97 Å². The molecule has 0 radical (unpaired) electrons. The maximum absolute atomic E-state index is 12.2. The minimum atomic E-state index is -1.10. The van der Waals surface area contributed by atoms with Gasteiger partial charge in [-0.2, -0.15) is 0 Å². The van der Waals surface area contributed by atoms with Crippen LogP contribution in [0.3, 0.4) is 0 Å². The number of amides is 1. The van der Waals surface area contributed by atoms with Gasteiger partial charge in [-0.25, -0.2) is 4.98 Å². The maximum Gasteiger partial charge on any atom is 0.323 e. The van der Waals surface area contributed by atoms with Crippen molar-refractivity contribution < 1.29 is 14.7 Å². The van der Waals surface area contributed by atoms with Crippen molar-refractivity contribution in [1.82, 2.24) is 9.88 Å². The fourth-order valence-corrected chi connectivity index (χ4v) is 3.31. The van der Waals surface area contributed by atoms with Crippen molar-refractivity contribution in [2.24, 2.45) is 0 Å². The van der Waals surface area contributed by atoms with Crippen molar-refractivity contribution in [2.45, 2.75) is 0 Å². The zero-order valence-electron chi connectivity index (χ0n) is 11.2. The molecular formula is C15H10N2O3S2. The number of hydrogen-bond acceptors (Lipinski definition) is 5. The van der Waals surface area contributed by atoms with Gasteiger partial charge in [0.05, 0.1) is 16.1 Å². The van der Waals surface area contributed by atoms with Crippen molar-refractivity contribution in [1.29, 1.82) is 0 Å². The number of thioether (sulfide) groups is 1. The van der Waals surface area contributed by atoms with Crippen LogP contribution in [0, 0.1) is 0 Å². The van der Waals surface area contributed by atoms with Crippen molar-refractivity contribution in [3.63, 3.8) is 0 Å². The molecule has 0 bridgehead atoms. The van der Waals surface area contributed by atoms with Gasteiger partial charge < -0.3 is 5.11 Å². The van der Waals surface area contributed by atoms with Gasteiger partial charge in [0.15, 0.2) is 0 Å². The summed E-state index contributed by atoms with van der Waals surface area (Å²) in [5, 5.41) is 9.82. The molecule has 1 aliphatic rings. The molecular weight excluding hydrogens is 320 g/mol. The predicted molar refractivity (Wildman–Crippen MR) is 89.3 cm³/mol. The van der Waals surface area contributed by atoms with Crippen molar-refractivity contribution in [2.75, 3.05) is 6.54 Å². The topological polar surface area (TPSA) is 70.5 Å². The van der Waals surface area contributed by atoms with Gasteiger partial charge in [-0.1, -0.05) is 48.2 Å². The number of hydrogen-bond donors (Lipinski definition) is 1. The second-order valence-corrected chi connectivity index (χ2v) is 6.27. The number of fused-ring (bicyclic) bond motifs is 1. The molecule has 0 unspecified atom stereocenters. The van der Waals surface area contributed by atoms with Crippen LogP contribution in [0.1, 0.15) is 5.69 Å². The minimum Gasteiger partial charge on any atom is -0.480 e. The van der Waals surface area contributed by atoms with E-state index < -0.39 is 18.4 Å². The van der Waals surface area contributed by atoms with Gasteiger partial charge in [-0.15, -0.1) is 0 Å². The fraction of sp³-hybridized carbons (Fsp3) is 0.0667. The molecule has 5 nitrogen and oxygen atoms in total. The third kappa shape index (κ3) is 2.86. The molecule has 1 N–H and O–H groups in total. The Bertz CT molecular complexity index is 832. The first-order chi connectivity index (χ1) is 10.5. The molecule has 1 fully saturated rings. The number of nitrogens with zero attached hydrogens (tertiary/aromatic N) is 2. The summed E-state index contributed by atoms with van der Waals surface area (Å²) in [4.78, 5) is 28.9. The molecule has 110 valence electrons. The van der Waals surface area contributed by atoms with E-state index in [1.54, 1.807) is 6.08 Å². The Hall–Kier alpha value is -2.25. The van der Waals surface area contributed by atoms with Crippen LogP contribution in [0.25, 0.3) is 17.0 Å². The number of benzene rings is 1. The highest BCUT2D eigenvalue weighted by atomic mass is 32.2. The third-order valence-electron chi connectivity index (χ3n) is 3.07. The number of carbonyl (C=O) groups excluding carboxylic acids is 1. The fourth-order valence-electron chi connectivity index (χ4n) is 2.07. The van der Waals surface area contributed by atoms with Crippen LogP contribution in [-0.4, -0.2) is 37.7 Å². The summed E-state index contributed by atoms with van der Waals surface area (Å²) in [6.07, 6.45) is 1.63. The highest BCUT2D eigenvalue weighted by molar-refractivity contribution is 8.26. The molecule has 1 aromatic heterocycles. The lowest BCUT2D eigenvalue weighted by atomic mass is 10.2. The molecule has 1 aromatic carbocycles. The summed E-state index contributed by atoms with van der Waals surface area (Å²) in [7, 11) is 0. The Kier molecular flexibility index (Phi) is 3.91. The average molecular weight is 330 g/mol. The largest absolute Gasteiger partial charge is 0.480 e.